The molecule has 1 nitrogen and oxygen atoms in total. The minimum absolute atomic E-state index is 0.970. The molecular formula is C11H25OSi. The molecule has 0 aliphatic heterocycles. The Kier molecular flexibility index (Phi) is 7.67. The normalized spacial score (nSPS) is 12.0. The van der Waals surface area contributed by atoms with Crippen molar-refractivity contribution in [2.75, 3.05) is 6.61 Å². The second kappa shape index (κ2) is 7.57. The lowest BCUT2D eigenvalue weighted by Gasteiger charge is -2.27. The Morgan fingerprint density at radius 1 is 1.00 bits per heavy atom. The monoisotopic (exact) mass is 201 g/mol. The number of unbranched alkanes of at least 4 members (excludes halogenated alkanes) is 2. The highest BCUT2D eigenvalue weighted by Crippen LogP contribution is 2.21. The van der Waals surface area contributed by atoms with Crippen LogP contribution in [0.5, 0.6) is 0 Å². The average Bonchev–Trinajstić information content (AvgIpc) is 2.20. The predicted molar refractivity (Wildman–Crippen MR) is 62.4 cm³/mol. The van der Waals surface area contributed by atoms with Crippen LogP contribution >= 0.6 is 0 Å². The summed E-state index contributed by atoms with van der Waals surface area (Å²) in [6.45, 7) is 11.6. The van der Waals surface area contributed by atoms with E-state index in [1.54, 1.807) is 0 Å². The van der Waals surface area contributed by atoms with E-state index < -0.39 is 8.32 Å². The van der Waals surface area contributed by atoms with E-state index in [9.17, 15) is 0 Å². The van der Waals surface area contributed by atoms with Crippen molar-refractivity contribution in [3.63, 3.8) is 0 Å². The Hall–Kier alpha value is 0.177. The molecule has 0 bridgehead atoms. The Morgan fingerprint density at radius 3 is 1.92 bits per heavy atom. The number of hydrogen-bond acceptors (Lipinski definition) is 1. The van der Waals surface area contributed by atoms with Crippen molar-refractivity contribution in [3.05, 3.63) is 6.92 Å². The van der Waals surface area contributed by atoms with Gasteiger partial charge in [-0.3, -0.25) is 0 Å². The van der Waals surface area contributed by atoms with E-state index in [1.807, 2.05) is 0 Å². The van der Waals surface area contributed by atoms with Crippen molar-refractivity contribution in [2.24, 2.45) is 0 Å². The summed E-state index contributed by atoms with van der Waals surface area (Å²) < 4.78 is 6.09. The van der Waals surface area contributed by atoms with E-state index >= 15 is 0 Å². The predicted octanol–water partition coefficient (Wildman–Crippen LogP) is 4.01. The van der Waals surface area contributed by atoms with Crippen LogP contribution < -0.4 is 0 Å². The van der Waals surface area contributed by atoms with E-state index in [4.69, 9.17) is 4.43 Å². The van der Waals surface area contributed by atoms with E-state index in [-0.39, 0.29) is 0 Å². The molecule has 0 rings (SSSR count). The molecule has 0 unspecified atom stereocenters. The molecule has 0 heterocycles. The first kappa shape index (κ1) is 13.2. The summed E-state index contributed by atoms with van der Waals surface area (Å²) in [4.78, 5) is 0. The van der Waals surface area contributed by atoms with Gasteiger partial charge in [0.05, 0.1) is 0 Å². The Morgan fingerprint density at radius 2 is 1.54 bits per heavy atom. The van der Waals surface area contributed by atoms with Crippen LogP contribution in [0.15, 0.2) is 0 Å². The summed E-state index contributed by atoms with van der Waals surface area (Å²) in [5.74, 6) is 0. The lowest BCUT2D eigenvalue weighted by molar-refractivity contribution is 0.290. The number of hydrogen-bond donors (Lipinski definition) is 0. The maximum atomic E-state index is 6.09. The summed E-state index contributed by atoms with van der Waals surface area (Å²) >= 11 is 0. The maximum Gasteiger partial charge on any atom is 0.191 e. The molecule has 0 aliphatic rings. The van der Waals surface area contributed by atoms with Gasteiger partial charge in [0.2, 0.25) is 0 Å². The van der Waals surface area contributed by atoms with Crippen molar-refractivity contribution in [3.8, 4) is 0 Å². The molecule has 0 amide bonds. The summed E-state index contributed by atoms with van der Waals surface area (Å²) in [7, 11) is -1.29. The molecule has 0 aromatic carbocycles. The van der Waals surface area contributed by atoms with Gasteiger partial charge in [0, 0.05) is 6.61 Å². The van der Waals surface area contributed by atoms with Gasteiger partial charge in [0.1, 0.15) is 0 Å². The SMILES string of the molecule is [CH2]CCCCO[Si](CC)(CC)CC. The zero-order chi connectivity index (χ0) is 10.2. The van der Waals surface area contributed by atoms with Crippen molar-refractivity contribution in [1.82, 2.24) is 0 Å². The molecule has 0 fully saturated rings. The van der Waals surface area contributed by atoms with Gasteiger partial charge >= 0.3 is 0 Å². The third-order valence-corrected chi connectivity index (χ3v) is 7.67. The highest BCUT2D eigenvalue weighted by Gasteiger charge is 2.27. The standard InChI is InChI=1S/C11H25OSi/c1-5-9-10-11-12-13(6-2,7-3)8-4/h1,5-11H2,2-4H3. The highest BCUT2D eigenvalue weighted by molar-refractivity contribution is 6.73. The molecule has 0 spiro atoms. The molecule has 79 valence electrons. The molecule has 0 aromatic heterocycles. The van der Waals surface area contributed by atoms with Gasteiger partial charge in [-0.25, -0.2) is 0 Å². The van der Waals surface area contributed by atoms with Crippen LogP contribution in [0, 0.1) is 6.92 Å². The molecule has 0 atom stereocenters. The van der Waals surface area contributed by atoms with Gasteiger partial charge < -0.3 is 4.43 Å². The molecule has 0 aromatic rings. The van der Waals surface area contributed by atoms with Gasteiger partial charge in [-0.05, 0) is 24.6 Å². The topological polar surface area (TPSA) is 9.23 Å². The van der Waals surface area contributed by atoms with Crippen molar-refractivity contribution < 1.29 is 4.43 Å². The van der Waals surface area contributed by atoms with Crippen LogP contribution in [0.25, 0.3) is 0 Å². The third kappa shape index (κ3) is 4.82. The van der Waals surface area contributed by atoms with Gasteiger partial charge in [0.15, 0.2) is 8.32 Å². The van der Waals surface area contributed by atoms with Gasteiger partial charge in [-0.2, -0.15) is 0 Å². The Labute approximate surface area is 85.0 Å². The molecular weight excluding hydrogens is 176 g/mol. The largest absolute Gasteiger partial charge is 0.417 e. The molecule has 2 heteroatoms. The average molecular weight is 201 g/mol. The first-order chi connectivity index (χ1) is 6.24. The molecule has 13 heavy (non-hydrogen) atoms. The summed E-state index contributed by atoms with van der Waals surface area (Å²) in [6.07, 6.45) is 3.45. The van der Waals surface area contributed by atoms with E-state index in [0.29, 0.717) is 0 Å². The zero-order valence-electron chi connectivity index (χ0n) is 9.57. The molecule has 0 N–H and O–H groups in total. The lowest BCUT2D eigenvalue weighted by Crippen LogP contribution is -2.36. The van der Waals surface area contributed by atoms with Crippen LogP contribution in [-0.4, -0.2) is 14.9 Å². The fraction of sp³-hybridized carbons (Fsp3) is 0.909. The smallest absolute Gasteiger partial charge is 0.191 e. The molecule has 0 saturated carbocycles. The molecule has 0 aliphatic carbocycles. The first-order valence-corrected chi connectivity index (χ1v) is 8.20. The highest BCUT2D eigenvalue weighted by atomic mass is 28.4. The van der Waals surface area contributed by atoms with Crippen LogP contribution in [0.2, 0.25) is 18.1 Å². The maximum absolute atomic E-state index is 6.09. The summed E-state index contributed by atoms with van der Waals surface area (Å²) in [5.41, 5.74) is 0. The molecule has 0 saturated heterocycles. The minimum atomic E-state index is -1.29. The molecule has 1 radical (unpaired) electrons. The number of rotatable bonds is 8. The van der Waals surface area contributed by atoms with Crippen LogP contribution in [0.4, 0.5) is 0 Å². The minimum Gasteiger partial charge on any atom is -0.417 e. The van der Waals surface area contributed by atoms with E-state index in [2.05, 4.69) is 27.7 Å². The van der Waals surface area contributed by atoms with Gasteiger partial charge in [0.25, 0.3) is 0 Å². The van der Waals surface area contributed by atoms with Gasteiger partial charge in [-0.15, -0.1) is 0 Å². The van der Waals surface area contributed by atoms with Crippen LogP contribution in [-0.2, 0) is 4.43 Å². The third-order valence-electron chi connectivity index (χ3n) is 2.99. The second-order valence-electron chi connectivity index (χ2n) is 3.65. The van der Waals surface area contributed by atoms with Crippen LogP contribution in [0.1, 0.15) is 40.0 Å². The Bertz CT molecular complexity index is 102. The van der Waals surface area contributed by atoms with Crippen LogP contribution in [0.3, 0.4) is 0 Å². The quantitative estimate of drug-likeness (QED) is 0.426. The first-order valence-electron chi connectivity index (χ1n) is 5.67. The Balaban J connectivity index is 3.68. The summed E-state index contributed by atoms with van der Waals surface area (Å²) in [6, 6.07) is 3.80. The fourth-order valence-corrected chi connectivity index (χ4v) is 4.31. The van der Waals surface area contributed by atoms with E-state index in [0.717, 1.165) is 13.0 Å². The van der Waals surface area contributed by atoms with Crippen molar-refractivity contribution >= 4 is 8.32 Å². The van der Waals surface area contributed by atoms with Crippen molar-refractivity contribution in [1.29, 1.82) is 0 Å². The van der Waals surface area contributed by atoms with Gasteiger partial charge in [-0.1, -0.05) is 40.5 Å². The fourth-order valence-electron chi connectivity index (χ4n) is 1.62. The summed E-state index contributed by atoms with van der Waals surface area (Å²) in [5, 5.41) is 0. The van der Waals surface area contributed by atoms with Crippen molar-refractivity contribution in [2.45, 2.75) is 58.2 Å². The second-order valence-corrected chi connectivity index (χ2v) is 8.43. The lowest BCUT2D eigenvalue weighted by atomic mass is 10.3. The zero-order valence-corrected chi connectivity index (χ0v) is 10.6. The van der Waals surface area contributed by atoms with E-state index in [1.165, 1.54) is 31.0 Å².